The van der Waals surface area contributed by atoms with Crippen LogP contribution in [0.25, 0.3) is 0 Å². The highest BCUT2D eigenvalue weighted by Gasteiger charge is 2.27. The second kappa shape index (κ2) is 7.90. The predicted octanol–water partition coefficient (Wildman–Crippen LogP) is 2.62. The van der Waals surface area contributed by atoms with Crippen LogP contribution in [0.1, 0.15) is 22.0 Å². The van der Waals surface area contributed by atoms with Crippen molar-refractivity contribution < 1.29 is 23.5 Å². The number of aldehydes is 1. The minimum absolute atomic E-state index is 0.186. The summed E-state index contributed by atoms with van der Waals surface area (Å²) in [6.45, 7) is 0.825. The van der Waals surface area contributed by atoms with E-state index in [1.165, 1.54) is 6.07 Å². The summed E-state index contributed by atoms with van der Waals surface area (Å²) < 4.78 is 25.0. The third-order valence-electron chi connectivity index (χ3n) is 4.07. The Balaban J connectivity index is 1.62. The average molecular weight is 343 g/mol. The fourth-order valence-corrected chi connectivity index (χ4v) is 2.74. The van der Waals surface area contributed by atoms with Crippen molar-refractivity contribution in [2.75, 3.05) is 26.3 Å². The van der Waals surface area contributed by atoms with Gasteiger partial charge in [0.05, 0.1) is 18.7 Å². The number of ether oxygens (including phenoxy) is 2. The summed E-state index contributed by atoms with van der Waals surface area (Å²) >= 11 is 0. The highest BCUT2D eigenvalue weighted by atomic mass is 19.1. The molecule has 5 nitrogen and oxygen atoms in total. The van der Waals surface area contributed by atoms with Gasteiger partial charge in [-0.3, -0.25) is 9.59 Å². The van der Waals surface area contributed by atoms with E-state index in [4.69, 9.17) is 9.47 Å². The fourth-order valence-electron chi connectivity index (χ4n) is 2.74. The molecular weight excluding hydrogens is 325 g/mol. The molecule has 1 unspecified atom stereocenters. The molecule has 25 heavy (non-hydrogen) atoms. The van der Waals surface area contributed by atoms with E-state index in [1.807, 2.05) is 0 Å². The molecule has 1 fully saturated rings. The summed E-state index contributed by atoms with van der Waals surface area (Å²) in [6, 6.07) is 13.1. The maximum atomic E-state index is 13.9. The van der Waals surface area contributed by atoms with E-state index in [1.54, 1.807) is 47.4 Å². The van der Waals surface area contributed by atoms with E-state index in [9.17, 15) is 14.0 Å². The normalized spacial score (nSPS) is 17.2. The van der Waals surface area contributed by atoms with E-state index in [-0.39, 0.29) is 24.9 Å². The van der Waals surface area contributed by atoms with Crippen LogP contribution < -0.4 is 4.74 Å². The smallest absolute Gasteiger partial charge is 0.260 e. The second-order valence-electron chi connectivity index (χ2n) is 5.67. The van der Waals surface area contributed by atoms with Gasteiger partial charge in [-0.1, -0.05) is 30.3 Å². The number of nitrogens with zero attached hydrogens (tertiary/aromatic N) is 1. The van der Waals surface area contributed by atoms with Crippen LogP contribution in [-0.4, -0.2) is 43.4 Å². The van der Waals surface area contributed by atoms with Crippen molar-refractivity contribution >= 4 is 12.2 Å². The highest BCUT2D eigenvalue weighted by molar-refractivity contribution is 5.81. The molecule has 6 heteroatoms. The van der Waals surface area contributed by atoms with Gasteiger partial charge in [-0.25, -0.2) is 4.39 Å². The van der Waals surface area contributed by atoms with Gasteiger partial charge in [0.25, 0.3) is 5.91 Å². The van der Waals surface area contributed by atoms with Crippen molar-refractivity contribution in [2.24, 2.45) is 0 Å². The third-order valence-corrected chi connectivity index (χ3v) is 4.07. The lowest BCUT2D eigenvalue weighted by atomic mass is 10.1. The number of benzene rings is 2. The Morgan fingerprint density at radius 1 is 1.24 bits per heavy atom. The Kier molecular flexibility index (Phi) is 5.40. The summed E-state index contributed by atoms with van der Waals surface area (Å²) in [7, 11) is 0. The lowest BCUT2D eigenvalue weighted by Gasteiger charge is -2.33. The van der Waals surface area contributed by atoms with Crippen LogP contribution in [0.4, 0.5) is 4.39 Å². The third kappa shape index (κ3) is 4.03. The molecule has 0 radical (unpaired) electrons. The molecule has 1 aliphatic heterocycles. The van der Waals surface area contributed by atoms with Crippen molar-refractivity contribution in [3.05, 3.63) is 65.5 Å². The zero-order valence-corrected chi connectivity index (χ0v) is 13.6. The molecule has 1 heterocycles. The molecule has 0 spiro atoms. The summed E-state index contributed by atoms with van der Waals surface area (Å²) in [5, 5.41) is 0. The molecule has 0 N–H and O–H groups in total. The van der Waals surface area contributed by atoms with Crippen LogP contribution in [0.5, 0.6) is 5.75 Å². The van der Waals surface area contributed by atoms with E-state index in [0.29, 0.717) is 36.3 Å². The first-order valence-electron chi connectivity index (χ1n) is 8.00. The Morgan fingerprint density at radius 3 is 2.80 bits per heavy atom. The lowest BCUT2D eigenvalue weighted by molar-refractivity contribution is -0.141. The van der Waals surface area contributed by atoms with E-state index >= 15 is 0 Å². The Morgan fingerprint density at radius 2 is 2.00 bits per heavy atom. The quantitative estimate of drug-likeness (QED) is 0.783. The van der Waals surface area contributed by atoms with Gasteiger partial charge in [0.1, 0.15) is 17.7 Å². The van der Waals surface area contributed by atoms with Gasteiger partial charge >= 0.3 is 0 Å². The van der Waals surface area contributed by atoms with E-state index in [0.717, 1.165) is 0 Å². The Hall–Kier alpha value is -2.73. The Bertz CT molecular complexity index is 765. The highest BCUT2D eigenvalue weighted by Crippen LogP contribution is 2.24. The van der Waals surface area contributed by atoms with E-state index < -0.39 is 6.10 Å². The zero-order valence-electron chi connectivity index (χ0n) is 13.6. The van der Waals surface area contributed by atoms with Gasteiger partial charge < -0.3 is 14.4 Å². The first-order chi connectivity index (χ1) is 12.2. The molecule has 130 valence electrons. The monoisotopic (exact) mass is 343 g/mol. The van der Waals surface area contributed by atoms with Crippen molar-refractivity contribution in [2.45, 2.75) is 6.10 Å². The zero-order chi connectivity index (χ0) is 17.6. The number of carbonyl (C=O) groups is 2. The molecule has 1 amide bonds. The van der Waals surface area contributed by atoms with Gasteiger partial charge in [-0.2, -0.15) is 0 Å². The molecule has 1 saturated heterocycles. The molecule has 2 aromatic rings. The van der Waals surface area contributed by atoms with E-state index in [2.05, 4.69) is 0 Å². The Labute approximate surface area is 145 Å². The summed E-state index contributed by atoms with van der Waals surface area (Å²) in [6.07, 6.45) is 0.184. The van der Waals surface area contributed by atoms with Crippen molar-refractivity contribution in [1.29, 1.82) is 0 Å². The van der Waals surface area contributed by atoms with Crippen molar-refractivity contribution in [1.82, 2.24) is 4.90 Å². The van der Waals surface area contributed by atoms with Gasteiger partial charge in [-0.15, -0.1) is 0 Å². The molecule has 0 bridgehead atoms. The number of para-hydroxylation sites is 1. The number of morpholine rings is 1. The molecule has 1 atom stereocenters. The minimum atomic E-state index is -0.499. The largest absolute Gasteiger partial charge is 0.483 e. The summed E-state index contributed by atoms with van der Waals surface area (Å²) in [5.74, 6) is -0.215. The van der Waals surface area contributed by atoms with Crippen LogP contribution in [0.3, 0.4) is 0 Å². The lowest BCUT2D eigenvalue weighted by Crippen LogP contribution is -2.44. The number of amides is 1. The molecular formula is C19H18FNO4. The second-order valence-corrected chi connectivity index (χ2v) is 5.67. The number of carbonyl (C=O) groups excluding carboxylic acids is 2. The SMILES string of the molecule is O=Cc1ccccc1OCC(=O)N1CCOC(c2ccccc2F)C1. The van der Waals surface area contributed by atoms with Gasteiger partial charge in [0, 0.05) is 12.1 Å². The number of hydrogen-bond acceptors (Lipinski definition) is 4. The molecule has 3 rings (SSSR count). The molecule has 2 aromatic carbocycles. The summed E-state index contributed by atoms with van der Waals surface area (Å²) in [4.78, 5) is 25.0. The number of hydrogen-bond donors (Lipinski definition) is 0. The number of halogens is 1. The molecule has 0 aliphatic carbocycles. The van der Waals surface area contributed by atoms with Crippen LogP contribution in [-0.2, 0) is 9.53 Å². The van der Waals surface area contributed by atoms with Crippen LogP contribution in [0.15, 0.2) is 48.5 Å². The van der Waals surface area contributed by atoms with Gasteiger partial charge in [0.15, 0.2) is 12.9 Å². The minimum Gasteiger partial charge on any atom is -0.483 e. The first-order valence-corrected chi connectivity index (χ1v) is 8.00. The van der Waals surface area contributed by atoms with Crippen LogP contribution in [0.2, 0.25) is 0 Å². The van der Waals surface area contributed by atoms with Gasteiger partial charge in [0.2, 0.25) is 0 Å². The number of rotatable bonds is 5. The van der Waals surface area contributed by atoms with Crippen LogP contribution >= 0.6 is 0 Å². The van der Waals surface area contributed by atoms with Crippen LogP contribution in [0, 0.1) is 5.82 Å². The molecule has 0 aromatic heterocycles. The maximum absolute atomic E-state index is 13.9. The van der Waals surface area contributed by atoms with Crippen molar-refractivity contribution in [3.63, 3.8) is 0 Å². The summed E-state index contributed by atoms with van der Waals surface area (Å²) in [5.41, 5.74) is 0.828. The molecule has 0 saturated carbocycles. The molecule has 1 aliphatic rings. The maximum Gasteiger partial charge on any atom is 0.260 e. The predicted molar refractivity (Wildman–Crippen MR) is 89.0 cm³/mol. The standard InChI is InChI=1S/C19H18FNO4/c20-16-7-3-2-6-15(16)18-11-21(9-10-24-18)19(23)13-25-17-8-4-1-5-14(17)12-22/h1-8,12,18H,9-11,13H2. The van der Waals surface area contributed by atoms with Gasteiger partial charge in [-0.05, 0) is 18.2 Å². The fraction of sp³-hybridized carbons (Fsp3) is 0.263. The average Bonchev–Trinajstić information content (AvgIpc) is 2.66. The van der Waals surface area contributed by atoms with Crippen molar-refractivity contribution in [3.8, 4) is 5.75 Å². The first kappa shape index (κ1) is 17.1. The topological polar surface area (TPSA) is 55.8 Å².